The fourth-order valence-corrected chi connectivity index (χ4v) is 4.18. The molecular formula is C21H29ClN4O4. The minimum Gasteiger partial charge on any atom is -0.462 e. The van der Waals surface area contributed by atoms with Crippen LogP contribution in [0.15, 0.2) is 12.3 Å². The molecule has 2 aliphatic heterocycles. The van der Waals surface area contributed by atoms with Gasteiger partial charge in [0, 0.05) is 45.0 Å². The highest BCUT2D eigenvalue weighted by atomic mass is 35.5. The maximum Gasteiger partial charge on any atom is 0.339 e. The number of carbonyl (C=O) groups excluding carboxylic acids is 3. The van der Waals surface area contributed by atoms with Gasteiger partial charge in [-0.05, 0) is 39.2 Å². The summed E-state index contributed by atoms with van der Waals surface area (Å²) in [5.74, 6) is -0.625. The number of likely N-dealkylation sites (tertiary alicyclic amines) is 1. The van der Waals surface area contributed by atoms with E-state index in [0.29, 0.717) is 38.8 Å². The SMILES string of the molecule is CCOC(=O)c1cnc(C(=O)N2CCN(CC(=O)N3CCCC[C@H]3C)CC2)c(Cl)c1. The van der Waals surface area contributed by atoms with Gasteiger partial charge in [0.25, 0.3) is 5.91 Å². The van der Waals surface area contributed by atoms with Gasteiger partial charge >= 0.3 is 5.97 Å². The van der Waals surface area contributed by atoms with Gasteiger partial charge in [-0.15, -0.1) is 0 Å². The lowest BCUT2D eigenvalue weighted by Gasteiger charge is -2.38. The quantitative estimate of drug-likeness (QED) is 0.657. The highest BCUT2D eigenvalue weighted by molar-refractivity contribution is 6.33. The van der Waals surface area contributed by atoms with Gasteiger partial charge < -0.3 is 14.5 Å². The van der Waals surface area contributed by atoms with E-state index in [1.165, 1.54) is 18.7 Å². The molecular weight excluding hydrogens is 408 g/mol. The minimum atomic E-state index is -0.521. The standard InChI is InChI=1S/C21H29ClN4O4/c1-3-30-21(29)16-12-17(22)19(23-13-16)20(28)25-10-8-24(9-11-25)14-18(27)26-7-5-4-6-15(26)2/h12-13,15H,3-11,14H2,1-2H3/t15-/m1/s1. The molecule has 1 aromatic rings. The maximum atomic E-state index is 12.8. The Hall–Kier alpha value is -2.19. The van der Waals surface area contributed by atoms with Crippen LogP contribution >= 0.6 is 11.6 Å². The minimum absolute atomic E-state index is 0.122. The number of pyridine rings is 1. The molecule has 8 nitrogen and oxygen atoms in total. The number of piperidine rings is 1. The summed E-state index contributed by atoms with van der Waals surface area (Å²) in [5, 5.41) is 0.127. The van der Waals surface area contributed by atoms with Gasteiger partial charge in [0.1, 0.15) is 5.69 Å². The molecule has 0 N–H and O–H groups in total. The highest BCUT2D eigenvalue weighted by Gasteiger charge is 2.29. The number of halogens is 1. The molecule has 0 spiro atoms. The number of nitrogens with zero attached hydrogens (tertiary/aromatic N) is 4. The summed E-state index contributed by atoms with van der Waals surface area (Å²) in [5.41, 5.74) is 0.338. The van der Waals surface area contributed by atoms with Crippen molar-refractivity contribution in [2.75, 3.05) is 45.9 Å². The van der Waals surface area contributed by atoms with Crippen molar-refractivity contribution < 1.29 is 19.1 Å². The molecule has 2 fully saturated rings. The number of ether oxygens (including phenoxy) is 1. The molecule has 0 bridgehead atoms. The largest absolute Gasteiger partial charge is 0.462 e. The Balaban J connectivity index is 1.54. The van der Waals surface area contributed by atoms with Crippen LogP contribution in [-0.2, 0) is 9.53 Å². The predicted octanol–water partition coefficient (Wildman–Crippen LogP) is 2.07. The van der Waals surface area contributed by atoms with Crippen LogP contribution in [0.2, 0.25) is 5.02 Å². The Morgan fingerprint density at radius 2 is 1.90 bits per heavy atom. The van der Waals surface area contributed by atoms with E-state index < -0.39 is 5.97 Å². The third-order valence-corrected chi connectivity index (χ3v) is 5.98. The summed E-state index contributed by atoms with van der Waals surface area (Å²) in [7, 11) is 0. The zero-order chi connectivity index (χ0) is 21.7. The second-order valence-corrected chi connectivity index (χ2v) is 8.18. The second-order valence-electron chi connectivity index (χ2n) is 7.78. The molecule has 0 aromatic carbocycles. The molecule has 30 heavy (non-hydrogen) atoms. The maximum absolute atomic E-state index is 12.8. The van der Waals surface area contributed by atoms with Crippen molar-refractivity contribution in [2.24, 2.45) is 0 Å². The van der Waals surface area contributed by atoms with Gasteiger partial charge in [0.15, 0.2) is 0 Å². The molecule has 0 aliphatic carbocycles. The van der Waals surface area contributed by atoms with Crippen LogP contribution in [0.25, 0.3) is 0 Å². The fraction of sp³-hybridized carbons (Fsp3) is 0.619. The predicted molar refractivity (Wildman–Crippen MR) is 113 cm³/mol. The summed E-state index contributed by atoms with van der Waals surface area (Å²) >= 11 is 6.21. The van der Waals surface area contributed by atoms with Crippen LogP contribution in [0.5, 0.6) is 0 Å². The molecule has 0 saturated carbocycles. The topological polar surface area (TPSA) is 83.0 Å². The van der Waals surface area contributed by atoms with Crippen molar-refractivity contribution >= 4 is 29.4 Å². The Morgan fingerprint density at radius 1 is 1.17 bits per heavy atom. The van der Waals surface area contributed by atoms with Gasteiger partial charge in [0.05, 0.1) is 23.7 Å². The molecule has 2 aliphatic rings. The van der Waals surface area contributed by atoms with Gasteiger partial charge in [-0.2, -0.15) is 0 Å². The van der Waals surface area contributed by atoms with Crippen molar-refractivity contribution in [1.29, 1.82) is 0 Å². The van der Waals surface area contributed by atoms with E-state index in [9.17, 15) is 14.4 Å². The lowest BCUT2D eigenvalue weighted by atomic mass is 10.0. The van der Waals surface area contributed by atoms with E-state index >= 15 is 0 Å². The summed E-state index contributed by atoms with van der Waals surface area (Å²) in [4.78, 5) is 47.1. The zero-order valence-electron chi connectivity index (χ0n) is 17.6. The molecule has 3 rings (SSSR count). The first-order valence-corrected chi connectivity index (χ1v) is 10.9. The lowest BCUT2D eigenvalue weighted by Crippen LogP contribution is -2.53. The molecule has 3 heterocycles. The number of carbonyl (C=O) groups is 3. The summed E-state index contributed by atoms with van der Waals surface area (Å²) in [6.07, 6.45) is 4.63. The van der Waals surface area contributed by atoms with Gasteiger partial charge in [-0.1, -0.05) is 11.6 Å². The van der Waals surface area contributed by atoms with Crippen molar-refractivity contribution in [3.63, 3.8) is 0 Å². The van der Waals surface area contributed by atoms with Crippen molar-refractivity contribution in [3.05, 3.63) is 28.5 Å². The van der Waals surface area contributed by atoms with Crippen LogP contribution in [0.3, 0.4) is 0 Å². The van der Waals surface area contributed by atoms with Crippen LogP contribution in [-0.4, -0.2) is 89.4 Å². The van der Waals surface area contributed by atoms with Crippen LogP contribution < -0.4 is 0 Å². The number of amides is 2. The molecule has 1 atom stereocenters. The van der Waals surface area contributed by atoms with Crippen LogP contribution in [0.4, 0.5) is 0 Å². The summed E-state index contributed by atoms with van der Waals surface area (Å²) in [6, 6.07) is 1.72. The first kappa shape index (κ1) is 22.5. The Morgan fingerprint density at radius 3 is 2.53 bits per heavy atom. The fourth-order valence-electron chi connectivity index (χ4n) is 3.93. The van der Waals surface area contributed by atoms with E-state index in [0.717, 1.165) is 19.4 Å². The number of aromatic nitrogens is 1. The van der Waals surface area contributed by atoms with E-state index in [1.807, 2.05) is 4.90 Å². The van der Waals surface area contributed by atoms with Crippen molar-refractivity contribution in [1.82, 2.24) is 19.7 Å². The monoisotopic (exact) mass is 436 g/mol. The van der Waals surface area contributed by atoms with Crippen molar-refractivity contribution in [3.8, 4) is 0 Å². The number of hydrogen-bond donors (Lipinski definition) is 0. The smallest absolute Gasteiger partial charge is 0.339 e. The van der Waals surface area contributed by atoms with Gasteiger partial charge in [-0.25, -0.2) is 9.78 Å². The van der Waals surface area contributed by atoms with E-state index in [4.69, 9.17) is 16.3 Å². The van der Waals surface area contributed by atoms with Gasteiger partial charge in [0.2, 0.25) is 5.91 Å². The average Bonchev–Trinajstić information content (AvgIpc) is 2.74. The third-order valence-electron chi connectivity index (χ3n) is 5.70. The highest BCUT2D eigenvalue weighted by Crippen LogP contribution is 2.20. The molecule has 0 radical (unpaired) electrons. The second kappa shape index (κ2) is 10.2. The first-order chi connectivity index (χ1) is 14.4. The molecule has 2 amide bonds. The number of rotatable bonds is 5. The van der Waals surface area contributed by atoms with Crippen molar-refractivity contribution in [2.45, 2.75) is 39.2 Å². The van der Waals surface area contributed by atoms with Gasteiger partial charge in [-0.3, -0.25) is 14.5 Å². The number of piperazine rings is 1. The van der Waals surface area contributed by atoms with E-state index in [-0.39, 0.29) is 34.7 Å². The zero-order valence-corrected chi connectivity index (χ0v) is 18.4. The van der Waals surface area contributed by atoms with Crippen LogP contribution in [0.1, 0.15) is 54.0 Å². The normalized spacial score (nSPS) is 20.2. The molecule has 0 unspecified atom stereocenters. The Labute approximate surface area is 182 Å². The summed E-state index contributed by atoms with van der Waals surface area (Å²) < 4.78 is 4.92. The van der Waals surface area contributed by atoms with E-state index in [2.05, 4.69) is 16.8 Å². The van der Waals surface area contributed by atoms with Crippen LogP contribution in [0, 0.1) is 0 Å². The average molecular weight is 437 g/mol. The third kappa shape index (κ3) is 5.29. The Bertz CT molecular complexity index is 795. The Kier molecular flexibility index (Phi) is 7.66. The molecule has 9 heteroatoms. The molecule has 2 saturated heterocycles. The molecule has 164 valence electrons. The molecule has 1 aromatic heterocycles. The lowest BCUT2D eigenvalue weighted by molar-refractivity contribution is -0.136. The number of hydrogen-bond acceptors (Lipinski definition) is 6. The summed E-state index contributed by atoms with van der Waals surface area (Å²) in [6.45, 7) is 7.54. The first-order valence-electron chi connectivity index (χ1n) is 10.5. The van der Waals surface area contributed by atoms with E-state index in [1.54, 1.807) is 11.8 Å². The number of esters is 1.